The molecule has 0 radical (unpaired) electrons. The van der Waals surface area contributed by atoms with Gasteiger partial charge in [-0.2, -0.15) is 0 Å². The third-order valence-corrected chi connectivity index (χ3v) is 6.51. The average Bonchev–Trinajstić information content (AvgIpc) is 3.16. The number of aryl methyl sites for hydroxylation is 1. The van der Waals surface area contributed by atoms with Crippen LogP contribution in [-0.4, -0.2) is 50.9 Å². The summed E-state index contributed by atoms with van der Waals surface area (Å²) in [6, 6.07) is 10.8. The number of nitrogens with one attached hydrogen (secondary N) is 2. The fraction of sp³-hybridized carbons (Fsp3) is 0.462. The van der Waals surface area contributed by atoms with Gasteiger partial charge >= 0.3 is 0 Å². The number of nitrogens with zero attached hydrogens (tertiary/aromatic N) is 2. The molecule has 2 amide bonds. The standard InChI is InChI=1S/C26H36N4O2/c1-6-21(16-29(4)17-31)26(32)27-13-11-20-7-8-23(18(2)15-20)28-24-9-10-25-22(19(24)3)12-14-30(25)5/h7-10,15,17,21,28H,6,11-14,16H2,1-5H3,(H,27,32). The summed E-state index contributed by atoms with van der Waals surface area (Å²) in [5.41, 5.74) is 8.74. The van der Waals surface area contributed by atoms with Crippen molar-refractivity contribution in [1.82, 2.24) is 10.2 Å². The molecule has 1 aliphatic rings. The van der Waals surface area contributed by atoms with Crippen molar-refractivity contribution >= 4 is 29.4 Å². The molecule has 1 heterocycles. The highest BCUT2D eigenvalue weighted by atomic mass is 16.2. The van der Waals surface area contributed by atoms with E-state index in [9.17, 15) is 9.59 Å². The van der Waals surface area contributed by atoms with Crippen molar-refractivity contribution in [3.05, 3.63) is 52.6 Å². The first kappa shape index (κ1) is 23.6. The molecule has 3 rings (SSSR count). The number of rotatable bonds is 10. The van der Waals surface area contributed by atoms with Gasteiger partial charge in [0, 0.05) is 50.8 Å². The topological polar surface area (TPSA) is 64.7 Å². The number of carbonyl (C=O) groups is 2. The highest BCUT2D eigenvalue weighted by molar-refractivity contribution is 5.79. The van der Waals surface area contributed by atoms with Crippen LogP contribution in [0.3, 0.4) is 0 Å². The molecule has 0 saturated heterocycles. The minimum atomic E-state index is -0.172. The molecule has 6 heteroatoms. The van der Waals surface area contributed by atoms with E-state index in [1.807, 2.05) is 6.92 Å². The summed E-state index contributed by atoms with van der Waals surface area (Å²) in [6.45, 7) is 8.40. The average molecular weight is 437 g/mol. The van der Waals surface area contributed by atoms with E-state index in [0.29, 0.717) is 19.5 Å². The van der Waals surface area contributed by atoms with Crippen LogP contribution in [0.15, 0.2) is 30.3 Å². The van der Waals surface area contributed by atoms with E-state index >= 15 is 0 Å². The van der Waals surface area contributed by atoms with Gasteiger partial charge in [0.25, 0.3) is 0 Å². The summed E-state index contributed by atoms with van der Waals surface area (Å²) in [5.74, 6) is -0.164. The molecule has 0 saturated carbocycles. The minimum Gasteiger partial charge on any atom is -0.374 e. The summed E-state index contributed by atoms with van der Waals surface area (Å²) in [6.07, 6.45) is 3.34. The Labute approximate surface area is 192 Å². The first-order valence-electron chi connectivity index (χ1n) is 11.5. The van der Waals surface area contributed by atoms with Crippen LogP contribution >= 0.6 is 0 Å². The Kier molecular flexibility index (Phi) is 7.78. The second-order valence-corrected chi connectivity index (χ2v) is 8.87. The quantitative estimate of drug-likeness (QED) is 0.556. The normalized spacial score (nSPS) is 13.5. The van der Waals surface area contributed by atoms with E-state index in [-0.39, 0.29) is 11.8 Å². The fourth-order valence-electron chi connectivity index (χ4n) is 4.38. The Morgan fingerprint density at radius 3 is 2.66 bits per heavy atom. The van der Waals surface area contributed by atoms with Gasteiger partial charge in [0.1, 0.15) is 0 Å². The lowest BCUT2D eigenvalue weighted by atomic mass is 10.0. The number of fused-ring (bicyclic) bond motifs is 1. The molecule has 1 aliphatic heterocycles. The predicted octanol–water partition coefficient (Wildman–Crippen LogP) is 3.81. The van der Waals surface area contributed by atoms with Crippen LogP contribution in [0.1, 0.15) is 35.6 Å². The van der Waals surface area contributed by atoms with E-state index in [0.717, 1.165) is 37.2 Å². The highest BCUT2D eigenvalue weighted by Gasteiger charge is 2.20. The van der Waals surface area contributed by atoms with Gasteiger partial charge in [-0.25, -0.2) is 0 Å². The lowest BCUT2D eigenvalue weighted by molar-refractivity contribution is -0.126. The smallest absolute Gasteiger partial charge is 0.224 e. The number of carbonyl (C=O) groups excluding carboxylic acids is 2. The van der Waals surface area contributed by atoms with Crippen molar-refractivity contribution in [2.45, 2.75) is 40.0 Å². The van der Waals surface area contributed by atoms with Crippen LogP contribution in [0.25, 0.3) is 0 Å². The Bertz CT molecular complexity index is 973. The number of likely N-dealkylation sites (N-methyl/N-ethyl adjacent to an activating group) is 1. The summed E-state index contributed by atoms with van der Waals surface area (Å²) in [7, 11) is 3.85. The van der Waals surface area contributed by atoms with Gasteiger partial charge in [-0.05, 0) is 73.6 Å². The molecule has 0 spiro atoms. The van der Waals surface area contributed by atoms with Crippen LogP contribution in [0.5, 0.6) is 0 Å². The number of hydrogen-bond donors (Lipinski definition) is 2. The van der Waals surface area contributed by atoms with E-state index in [4.69, 9.17) is 0 Å². The molecule has 32 heavy (non-hydrogen) atoms. The molecule has 0 fully saturated rings. The zero-order valence-corrected chi connectivity index (χ0v) is 20.0. The van der Waals surface area contributed by atoms with Crippen molar-refractivity contribution in [2.24, 2.45) is 5.92 Å². The molecule has 2 N–H and O–H groups in total. The van der Waals surface area contributed by atoms with Crippen molar-refractivity contribution < 1.29 is 9.59 Å². The molecule has 0 bridgehead atoms. The first-order chi connectivity index (χ1) is 15.3. The first-order valence-corrected chi connectivity index (χ1v) is 11.5. The zero-order valence-electron chi connectivity index (χ0n) is 20.0. The zero-order chi connectivity index (χ0) is 23.3. The predicted molar refractivity (Wildman–Crippen MR) is 132 cm³/mol. The Morgan fingerprint density at radius 2 is 1.97 bits per heavy atom. The van der Waals surface area contributed by atoms with Gasteiger partial charge < -0.3 is 20.4 Å². The number of benzene rings is 2. The number of hydrogen-bond acceptors (Lipinski definition) is 4. The highest BCUT2D eigenvalue weighted by Crippen LogP contribution is 2.35. The van der Waals surface area contributed by atoms with Crippen molar-refractivity contribution in [2.75, 3.05) is 43.9 Å². The molecular weight excluding hydrogens is 400 g/mol. The maximum atomic E-state index is 12.4. The van der Waals surface area contributed by atoms with E-state index in [1.165, 1.54) is 32.8 Å². The lowest BCUT2D eigenvalue weighted by Crippen LogP contribution is -2.37. The molecule has 0 aliphatic carbocycles. The van der Waals surface area contributed by atoms with E-state index < -0.39 is 0 Å². The number of anilines is 3. The fourth-order valence-corrected chi connectivity index (χ4v) is 4.38. The second kappa shape index (κ2) is 10.5. The van der Waals surface area contributed by atoms with E-state index in [2.05, 4.69) is 66.8 Å². The summed E-state index contributed by atoms with van der Waals surface area (Å²) in [4.78, 5) is 27.1. The van der Waals surface area contributed by atoms with Crippen molar-refractivity contribution in [3.63, 3.8) is 0 Å². The Balaban J connectivity index is 1.58. The molecule has 1 unspecified atom stereocenters. The Morgan fingerprint density at radius 1 is 1.22 bits per heavy atom. The van der Waals surface area contributed by atoms with Gasteiger partial charge in [0.15, 0.2) is 0 Å². The van der Waals surface area contributed by atoms with Crippen LogP contribution in [0.4, 0.5) is 17.1 Å². The van der Waals surface area contributed by atoms with Crippen LogP contribution in [0, 0.1) is 19.8 Å². The molecule has 172 valence electrons. The van der Waals surface area contributed by atoms with Crippen molar-refractivity contribution in [3.8, 4) is 0 Å². The van der Waals surface area contributed by atoms with Gasteiger partial charge in [-0.15, -0.1) is 0 Å². The van der Waals surface area contributed by atoms with Crippen LogP contribution < -0.4 is 15.5 Å². The van der Waals surface area contributed by atoms with Gasteiger partial charge in [-0.1, -0.05) is 19.1 Å². The summed E-state index contributed by atoms with van der Waals surface area (Å²) >= 11 is 0. The monoisotopic (exact) mass is 436 g/mol. The second-order valence-electron chi connectivity index (χ2n) is 8.87. The summed E-state index contributed by atoms with van der Waals surface area (Å²) in [5, 5.41) is 6.63. The van der Waals surface area contributed by atoms with Crippen molar-refractivity contribution in [1.29, 1.82) is 0 Å². The maximum Gasteiger partial charge on any atom is 0.224 e. The molecule has 2 aromatic rings. The molecule has 0 aromatic heterocycles. The van der Waals surface area contributed by atoms with Crippen LogP contribution in [0.2, 0.25) is 0 Å². The summed E-state index contributed by atoms with van der Waals surface area (Å²) < 4.78 is 0. The van der Waals surface area contributed by atoms with Crippen LogP contribution in [-0.2, 0) is 22.4 Å². The molecule has 1 atom stereocenters. The lowest BCUT2D eigenvalue weighted by Gasteiger charge is -2.19. The maximum absolute atomic E-state index is 12.4. The molecular formula is C26H36N4O2. The molecule has 6 nitrogen and oxygen atoms in total. The van der Waals surface area contributed by atoms with Gasteiger partial charge in [0.2, 0.25) is 12.3 Å². The Hall–Kier alpha value is -3.02. The SMILES string of the molecule is CCC(CN(C)C=O)C(=O)NCCc1ccc(Nc2ccc3c(c2C)CCN3C)c(C)c1. The van der Waals surface area contributed by atoms with Gasteiger partial charge in [0.05, 0.1) is 5.92 Å². The van der Waals surface area contributed by atoms with E-state index in [1.54, 1.807) is 7.05 Å². The minimum absolute atomic E-state index is 0.00828. The van der Waals surface area contributed by atoms with Gasteiger partial charge in [-0.3, -0.25) is 9.59 Å². The molecule has 2 aromatic carbocycles. The third kappa shape index (κ3) is 5.42. The largest absolute Gasteiger partial charge is 0.374 e. The third-order valence-electron chi connectivity index (χ3n) is 6.51. The number of amides is 2.